The Balaban J connectivity index is 2.16. The smallest absolute Gasteiger partial charge is 0.123 e. The second kappa shape index (κ2) is 6.30. The van der Waals surface area contributed by atoms with Crippen molar-refractivity contribution in [1.29, 1.82) is 0 Å². The predicted molar refractivity (Wildman–Crippen MR) is 71.0 cm³/mol. The van der Waals surface area contributed by atoms with Crippen molar-refractivity contribution in [3.05, 3.63) is 35.6 Å². The third-order valence-electron chi connectivity index (χ3n) is 3.43. The molecule has 1 aliphatic rings. The van der Waals surface area contributed by atoms with E-state index in [9.17, 15) is 4.39 Å². The van der Waals surface area contributed by atoms with Crippen LogP contribution in [0.1, 0.15) is 38.3 Å². The SMILES string of the molecule is CCNC(c1ccc(F)cc1)C(OCC)C1CC1. The third kappa shape index (κ3) is 3.30. The molecule has 0 radical (unpaired) electrons. The lowest BCUT2D eigenvalue weighted by atomic mass is 9.98. The van der Waals surface area contributed by atoms with Crippen molar-refractivity contribution in [2.75, 3.05) is 13.2 Å². The minimum Gasteiger partial charge on any atom is -0.376 e. The van der Waals surface area contributed by atoms with Gasteiger partial charge in [0.25, 0.3) is 0 Å². The first-order valence-electron chi connectivity index (χ1n) is 6.86. The van der Waals surface area contributed by atoms with Gasteiger partial charge in [-0.1, -0.05) is 19.1 Å². The fourth-order valence-electron chi connectivity index (χ4n) is 2.44. The normalized spacial score (nSPS) is 18.6. The van der Waals surface area contributed by atoms with Crippen LogP contribution in [0.4, 0.5) is 4.39 Å². The van der Waals surface area contributed by atoms with E-state index in [1.54, 1.807) is 0 Å². The van der Waals surface area contributed by atoms with Crippen molar-refractivity contribution in [2.24, 2.45) is 5.92 Å². The van der Waals surface area contributed by atoms with Crippen LogP contribution in [0, 0.1) is 11.7 Å². The van der Waals surface area contributed by atoms with Gasteiger partial charge >= 0.3 is 0 Å². The highest BCUT2D eigenvalue weighted by Crippen LogP contribution is 2.40. The Kier molecular flexibility index (Phi) is 4.72. The van der Waals surface area contributed by atoms with Crippen molar-refractivity contribution in [2.45, 2.75) is 38.8 Å². The molecule has 0 saturated heterocycles. The van der Waals surface area contributed by atoms with Crippen LogP contribution in [0.2, 0.25) is 0 Å². The average molecular weight is 251 g/mol. The summed E-state index contributed by atoms with van der Waals surface area (Å²) in [4.78, 5) is 0. The predicted octanol–water partition coefficient (Wildman–Crippen LogP) is 3.29. The number of hydrogen-bond acceptors (Lipinski definition) is 2. The first kappa shape index (κ1) is 13.5. The molecule has 2 atom stereocenters. The Morgan fingerprint density at radius 3 is 2.44 bits per heavy atom. The van der Waals surface area contributed by atoms with Gasteiger partial charge in [0.15, 0.2) is 0 Å². The number of halogens is 1. The summed E-state index contributed by atoms with van der Waals surface area (Å²) in [5.41, 5.74) is 1.11. The molecule has 2 rings (SSSR count). The molecule has 0 spiro atoms. The first-order valence-corrected chi connectivity index (χ1v) is 6.86. The fraction of sp³-hybridized carbons (Fsp3) is 0.600. The third-order valence-corrected chi connectivity index (χ3v) is 3.43. The van der Waals surface area contributed by atoms with Gasteiger partial charge in [-0.05, 0) is 49.9 Å². The van der Waals surface area contributed by atoms with Gasteiger partial charge in [0.2, 0.25) is 0 Å². The highest BCUT2D eigenvalue weighted by molar-refractivity contribution is 5.22. The van der Waals surface area contributed by atoms with E-state index in [4.69, 9.17) is 4.74 Å². The lowest BCUT2D eigenvalue weighted by molar-refractivity contribution is 0.0189. The van der Waals surface area contributed by atoms with E-state index in [1.807, 2.05) is 19.1 Å². The Morgan fingerprint density at radius 1 is 1.28 bits per heavy atom. The molecule has 3 heteroatoms. The van der Waals surface area contributed by atoms with Crippen LogP contribution in [0.25, 0.3) is 0 Å². The summed E-state index contributed by atoms with van der Waals surface area (Å²) in [6, 6.07) is 6.93. The van der Waals surface area contributed by atoms with Gasteiger partial charge < -0.3 is 10.1 Å². The molecule has 1 aromatic carbocycles. The van der Waals surface area contributed by atoms with Gasteiger partial charge in [0.1, 0.15) is 5.82 Å². The van der Waals surface area contributed by atoms with E-state index in [-0.39, 0.29) is 18.0 Å². The molecule has 100 valence electrons. The molecular formula is C15H22FNO. The van der Waals surface area contributed by atoms with E-state index in [1.165, 1.54) is 25.0 Å². The van der Waals surface area contributed by atoms with Crippen molar-refractivity contribution in [1.82, 2.24) is 5.32 Å². The van der Waals surface area contributed by atoms with E-state index >= 15 is 0 Å². The molecule has 1 saturated carbocycles. The largest absolute Gasteiger partial charge is 0.376 e. The Hall–Kier alpha value is -0.930. The Morgan fingerprint density at radius 2 is 1.94 bits per heavy atom. The zero-order valence-corrected chi connectivity index (χ0v) is 11.2. The van der Waals surface area contributed by atoms with Crippen LogP contribution >= 0.6 is 0 Å². The summed E-state index contributed by atoms with van der Waals surface area (Å²) in [7, 11) is 0. The van der Waals surface area contributed by atoms with E-state index in [0.29, 0.717) is 5.92 Å². The van der Waals surface area contributed by atoms with E-state index in [0.717, 1.165) is 18.7 Å². The van der Waals surface area contributed by atoms with Crippen molar-refractivity contribution in [3.8, 4) is 0 Å². The summed E-state index contributed by atoms with van der Waals surface area (Å²) in [6.45, 7) is 5.73. The van der Waals surface area contributed by atoms with Crippen LogP contribution in [0.15, 0.2) is 24.3 Å². The number of rotatable bonds is 7. The van der Waals surface area contributed by atoms with Crippen molar-refractivity contribution >= 4 is 0 Å². The number of hydrogen-bond donors (Lipinski definition) is 1. The molecule has 1 N–H and O–H groups in total. The van der Waals surface area contributed by atoms with Crippen molar-refractivity contribution in [3.63, 3.8) is 0 Å². The molecular weight excluding hydrogens is 229 g/mol. The number of ether oxygens (including phenoxy) is 1. The van der Waals surface area contributed by atoms with Crippen LogP contribution < -0.4 is 5.32 Å². The van der Waals surface area contributed by atoms with Gasteiger partial charge in [-0.2, -0.15) is 0 Å². The van der Waals surface area contributed by atoms with Crippen molar-refractivity contribution < 1.29 is 9.13 Å². The summed E-state index contributed by atoms with van der Waals surface area (Å²) >= 11 is 0. The maximum Gasteiger partial charge on any atom is 0.123 e. The monoisotopic (exact) mass is 251 g/mol. The minimum atomic E-state index is -0.187. The Labute approximate surface area is 109 Å². The van der Waals surface area contributed by atoms with Gasteiger partial charge in [0.05, 0.1) is 12.1 Å². The van der Waals surface area contributed by atoms with Crippen LogP contribution in [-0.2, 0) is 4.74 Å². The second-order valence-corrected chi connectivity index (χ2v) is 4.84. The zero-order valence-electron chi connectivity index (χ0n) is 11.2. The first-order chi connectivity index (χ1) is 8.76. The average Bonchev–Trinajstić information content (AvgIpc) is 3.19. The second-order valence-electron chi connectivity index (χ2n) is 4.84. The van der Waals surface area contributed by atoms with Gasteiger partial charge in [-0.3, -0.25) is 0 Å². The molecule has 2 nitrogen and oxygen atoms in total. The van der Waals surface area contributed by atoms with Gasteiger partial charge in [0, 0.05) is 6.61 Å². The van der Waals surface area contributed by atoms with Crippen LogP contribution in [0.5, 0.6) is 0 Å². The molecule has 18 heavy (non-hydrogen) atoms. The molecule has 1 aliphatic carbocycles. The molecule has 0 bridgehead atoms. The molecule has 1 fully saturated rings. The molecule has 0 aromatic heterocycles. The highest BCUT2D eigenvalue weighted by atomic mass is 19.1. The minimum absolute atomic E-state index is 0.169. The number of likely N-dealkylation sites (N-methyl/N-ethyl adjacent to an activating group) is 1. The van der Waals surface area contributed by atoms with Crippen LogP contribution in [0.3, 0.4) is 0 Å². The summed E-state index contributed by atoms with van der Waals surface area (Å²) in [5.74, 6) is 0.465. The Bertz CT molecular complexity index is 361. The lowest BCUT2D eigenvalue weighted by Crippen LogP contribution is -2.35. The summed E-state index contributed by atoms with van der Waals surface area (Å²) in [6.07, 6.45) is 2.70. The standard InChI is InChI=1S/C15H22FNO/c1-3-17-14(11-7-9-13(16)10-8-11)15(18-4-2)12-5-6-12/h7-10,12,14-15,17H,3-6H2,1-2H3. The molecule has 2 unspecified atom stereocenters. The fourth-order valence-corrected chi connectivity index (χ4v) is 2.44. The molecule has 1 aromatic rings. The maximum absolute atomic E-state index is 13.0. The zero-order chi connectivity index (χ0) is 13.0. The number of nitrogens with one attached hydrogen (secondary N) is 1. The summed E-state index contributed by atoms with van der Waals surface area (Å²) < 4.78 is 18.9. The van der Waals surface area contributed by atoms with Gasteiger partial charge in [-0.25, -0.2) is 4.39 Å². The number of benzene rings is 1. The van der Waals surface area contributed by atoms with Crippen LogP contribution in [-0.4, -0.2) is 19.3 Å². The highest BCUT2D eigenvalue weighted by Gasteiger charge is 2.37. The van der Waals surface area contributed by atoms with Gasteiger partial charge in [-0.15, -0.1) is 0 Å². The maximum atomic E-state index is 13.0. The van der Waals surface area contributed by atoms with E-state index < -0.39 is 0 Å². The molecule has 0 heterocycles. The summed E-state index contributed by atoms with van der Waals surface area (Å²) in [5, 5.41) is 3.48. The quantitative estimate of drug-likeness (QED) is 0.803. The molecule has 0 amide bonds. The lowest BCUT2D eigenvalue weighted by Gasteiger charge is -2.28. The molecule has 0 aliphatic heterocycles. The van der Waals surface area contributed by atoms with E-state index in [2.05, 4.69) is 12.2 Å². The topological polar surface area (TPSA) is 21.3 Å².